The Bertz CT molecular complexity index is 830. The average Bonchev–Trinajstić information content (AvgIpc) is 2.72. The second-order valence-electron chi connectivity index (χ2n) is 8.92. The molecule has 1 unspecified atom stereocenters. The van der Waals surface area contributed by atoms with Crippen LogP contribution in [-0.2, 0) is 21.9 Å². The van der Waals surface area contributed by atoms with Crippen LogP contribution in [0.25, 0.3) is 0 Å². The van der Waals surface area contributed by atoms with Crippen LogP contribution in [0.1, 0.15) is 43.2 Å². The summed E-state index contributed by atoms with van der Waals surface area (Å²) in [5.41, 5.74) is -3.50. The SMILES string of the molecule is CN1CCCC(C(=O)N2CCC(CC(=O)Nc3cc(C(F)(F)F)cc(C(F)(F)F)c3)CC2)C1. The molecule has 0 bridgehead atoms. The summed E-state index contributed by atoms with van der Waals surface area (Å²) in [6.45, 7) is 2.66. The number of nitrogens with zero attached hydrogens (tertiary/aromatic N) is 2. The van der Waals surface area contributed by atoms with Crippen LogP contribution in [0.2, 0.25) is 0 Å². The smallest absolute Gasteiger partial charge is 0.342 e. The topological polar surface area (TPSA) is 52.7 Å². The van der Waals surface area contributed by atoms with Crippen LogP contribution >= 0.6 is 0 Å². The van der Waals surface area contributed by atoms with E-state index in [1.165, 1.54) is 0 Å². The van der Waals surface area contributed by atoms with Gasteiger partial charge in [0.1, 0.15) is 0 Å². The molecule has 1 aromatic rings. The number of piperidine rings is 2. The Morgan fingerprint density at radius 3 is 2.03 bits per heavy atom. The predicted molar refractivity (Wildman–Crippen MR) is 109 cm³/mol. The van der Waals surface area contributed by atoms with Crippen molar-refractivity contribution in [1.29, 1.82) is 0 Å². The number of nitrogens with one attached hydrogen (secondary N) is 1. The summed E-state index contributed by atoms with van der Waals surface area (Å²) < 4.78 is 77.9. The first-order valence-corrected chi connectivity index (χ1v) is 10.9. The zero-order valence-corrected chi connectivity index (χ0v) is 18.2. The van der Waals surface area contributed by atoms with E-state index in [0.717, 1.165) is 25.9 Å². The molecule has 0 aromatic heterocycles. The Labute approximate surface area is 188 Å². The van der Waals surface area contributed by atoms with Crippen LogP contribution in [0.4, 0.5) is 32.0 Å². The molecule has 1 aromatic carbocycles. The van der Waals surface area contributed by atoms with Gasteiger partial charge in [-0.3, -0.25) is 9.59 Å². The average molecular weight is 479 g/mol. The number of rotatable bonds is 4. The van der Waals surface area contributed by atoms with Gasteiger partial charge in [-0.05, 0) is 63.4 Å². The first kappa shape index (κ1) is 25.3. The number of likely N-dealkylation sites (tertiary alicyclic amines) is 2. The van der Waals surface area contributed by atoms with Gasteiger partial charge in [0.15, 0.2) is 0 Å². The molecule has 0 aliphatic carbocycles. The second kappa shape index (κ2) is 9.90. The lowest BCUT2D eigenvalue weighted by atomic mass is 9.91. The summed E-state index contributed by atoms with van der Waals surface area (Å²) in [5.74, 6) is -0.683. The third-order valence-electron chi connectivity index (χ3n) is 6.25. The number of anilines is 1. The van der Waals surface area contributed by atoms with Crippen molar-refractivity contribution in [3.05, 3.63) is 29.3 Å². The summed E-state index contributed by atoms with van der Waals surface area (Å²) >= 11 is 0. The molecule has 2 aliphatic rings. The fourth-order valence-corrected chi connectivity index (χ4v) is 4.48. The van der Waals surface area contributed by atoms with Crippen molar-refractivity contribution in [2.75, 3.05) is 38.5 Å². The van der Waals surface area contributed by atoms with Gasteiger partial charge < -0.3 is 15.1 Å². The fourth-order valence-electron chi connectivity index (χ4n) is 4.48. The van der Waals surface area contributed by atoms with Crippen molar-refractivity contribution >= 4 is 17.5 Å². The maximum absolute atomic E-state index is 13.0. The minimum atomic E-state index is -4.98. The molecule has 2 aliphatic heterocycles. The van der Waals surface area contributed by atoms with Gasteiger partial charge in [-0.1, -0.05) is 0 Å². The van der Waals surface area contributed by atoms with E-state index in [2.05, 4.69) is 10.2 Å². The second-order valence-corrected chi connectivity index (χ2v) is 8.92. The molecular formula is C22H27F6N3O2. The first-order chi connectivity index (χ1) is 15.3. The molecule has 1 N–H and O–H groups in total. The molecule has 33 heavy (non-hydrogen) atoms. The maximum Gasteiger partial charge on any atom is 0.416 e. The van der Waals surface area contributed by atoms with Crippen LogP contribution in [0.3, 0.4) is 0 Å². The number of hydrogen-bond acceptors (Lipinski definition) is 3. The zero-order valence-electron chi connectivity index (χ0n) is 18.2. The number of benzene rings is 1. The molecule has 2 saturated heterocycles. The molecule has 1 atom stereocenters. The minimum absolute atomic E-state index is 0.0203. The molecule has 0 saturated carbocycles. The van der Waals surface area contributed by atoms with Gasteiger partial charge in [0.2, 0.25) is 11.8 Å². The largest absolute Gasteiger partial charge is 0.416 e. The lowest BCUT2D eigenvalue weighted by molar-refractivity contribution is -0.143. The number of amides is 2. The maximum atomic E-state index is 13.0. The van der Waals surface area contributed by atoms with Crippen molar-refractivity contribution in [3.8, 4) is 0 Å². The molecule has 11 heteroatoms. The van der Waals surface area contributed by atoms with E-state index in [4.69, 9.17) is 0 Å². The third kappa shape index (κ3) is 6.84. The highest BCUT2D eigenvalue weighted by atomic mass is 19.4. The van der Waals surface area contributed by atoms with Gasteiger partial charge in [0.05, 0.1) is 17.0 Å². The van der Waals surface area contributed by atoms with E-state index in [1.54, 1.807) is 4.90 Å². The van der Waals surface area contributed by atoms with Gasteiger partial charge in [-0.25, -0.2) is 0 Å². The minimum Gasteiger partial charge on any atom is -0.342 e. The number of carbonyl (C=O) groups is 2. The Kier molecular flexibility index (Phi) is 7.60. The quantitative estimate of drug-likeness (QED) is 0.641. The van der Waals surface area contributed by atoms with Crippen molar-refractivity contribution in [2.24, 2.45) is 11.8 Å². The number of carbonyl (C=O) groups excluding carboxylic acids is 2. The number of alkyl halides is 6. The first-order valence-electron chi connectivity index (χ1n) is 10.9. The fraction of sp³-hybridized carbons (Fsp3) is 0.636. The summed E-state index contributed by atoms with van der Waals surface area (Å²) in [6.07, 6.45) is -7.07. The molecular weight excluding hydrogens is 452 g/mol. The highest BCUT2D eigenvalue weighted by Gasteiger charge is 2.37. The lowest BCUT2D eigenvalue weighted by Gasteiger charge is -2.36. The Morgan fingerprint density at radius 1 is 0.939 bits per heavy atom. The molecule has 2 amide bonds. The normalized spacial score (nSPS) is 21.2. The highest BCUT2D eigenvalue weighted by Crippen LogP contribution is 2.37. The number of halogens is 6. The standard InChI is InChI=1S/C22H27F6N3O2/c1-30-6-2-3-15(13-30)20(33)31-7-4-14(5-8-31)9-19(32)29-18-11-16(21(23,24)25)10-17(12-18)22(26,27)28/h10-12,14-15H,2-9,13H2,1H3,(H,29,32). The van der Waals surface area contributed by atoms with Crippen molar-refractivity contribution in [1.82, 2.24) is 9.80 Å². The Balaban J connectivity index is 1.56. The van der Waals surface area contributed by atoms with Crippen LogP contribution in [0.5, 0.6) is 0 Å². The van der Waals surface area contributed by atoms with Crippen LogP contribution < -0.4 is 5.32 Å². The molecule has 0 radical (unpaired) electrons. The Hall–Kier alpha value is -2.30. The van der Waals surface area contributed by atoms with Gasteiger partial charge in [-0.2, -0.15) is 26.3 Å². The van der Waals surface area contributed by atoms with Crippen LogP contribution in [0.15, 0.2) is 18.2 Å². The molecule has 184 valence electrons. The van der Waals surface area contributed by atoms with Crippen LogP contribution in [0, 0.1) is 11.8 Å². The summed E-state index contributed by atoms with van der Waals surface area (Å²) in [4.78, 5) is 29.0. The van der Waals surface area contributed by atoms with E-state index in [0.29, 0.717) is 38.1 Å². The molecule has 3 rings (SSSR count). The van der Waals surface area contributed by atoms with Crippen molar-refractivity contribution in [3.63, 3.8) is 0 Å². The summed E-state index contributed by atoms with van der Waals surface area (Å²) in [6, 6.07) is 1.01. The van der Waals surface area contributed by atoms with E-state index in [9.17, 15) is 35.9 Å². The Morgan fingerprint density at radius 2 is 1.52 bits per heavy atom. The third-order valence-corrected chi connectivity index (χ3v) is 6.25. The highest BCUT2D eigenvalue weighted by molar-refractivity contribution is 5.91. The van der Waals surface area contributed by atoms with Crippen molar-refractivity contribution < 1.29 is 35.9 Å². The van der Waals surface area contributed by atoms with E-state index in [1.807, 2.05) is 7.05 Å². The lowest BCUT2D eigenvalue weighted by Crippen LogP contribution is -2.46. The number of hydrogen-bond donors (Lipinski definition) is 1. The molecule has 0 spiro atoms. The molecule has 5 nitrogen and oxygen atoms in total. The van der Waals surface area contributed by atoms with E-state index < -0.39 is 35.1 Å². The van der Waals surface area contributed by atoms with Gasteiger partial charge in [0, 0.05) is 31.7 Å². The van der Waals surface area contributed by atoms with Gasteiger partial charge in [0.25, 0.3) is 0 Å². The van der Waals surface area contributed by atoms with E-state index >= 15 is 0 Å². The summed E-state index contributed by atoms with van der Waals surface area (Å²) in [5, 5.41) is 2.18. The molecule has 2 fully saturated rings. The monoisotopic (exact) mass is 479 g/mol. The van der Waals surface area contributed by atoms with E-state index in [-0.39, 0.29) is 30.2 Å². The van der Waals surface area contributed by atoms with Gasteiger partial charge in [-0.15, -0.1) is 0 Å². The van der Waals surface area contributed by atoms with Crippen molar-refractivity contribution in [2.45, 2.75) is 44.5 Å². The predicted octanol–water partition coefficient (Wildman–Crippen LogP) is 4.63. The van der Waals surface area contributed by atoms with Crippen LogP contribution in [-0.4, -0.2) is 54.8 Å². The summed E-state index contributed by atoms with van der Waals surface area (Å²) in [7, 11) is 1.98. The zero-order chi connectivity index (χ0) is 24.4. The van der Waals surface area contributed by atoms with Gasteiger partial charge >= 0.3 is 12.4 Å². The molecule has 2 heterocycles.